The molecule has 5 aliphatic carbocycles. The molecular weight excluding hydrogens is 396 g/mol. The van der Waals surface area contributed by atoms with Gasteiger partial charge in [-0.3, -0.25) is 0 Å². The molecule has 0 unspecified atom stereocenters. The summed E-state index contributed by atoms with van der Waals surface area (Å²) < 4.78 is 6.26. The van der Waals surface area contributed by atoms with Gasteiger partial charge in [0, 0.05) is 12.5 Å². The van der Waals surface area contributed by atoms with Crippen LogP contribution >= 0.6 is 0 Å². The molecule has 182 valence electrons. The van der Waals surface area contributed by atoms with Crippen LogP contribution in [0.15, 0.2) is 11.6 Å². The van der Waals surface area contributed by atoms with E-state index < -0.39 is 6.10 Å². The first-order chi connectivity index (χ1) is 15.1. The Morgan fingerprint density at radius 3 is 2.44 bits per heavy atom. The summed E-state index contributed by atoms with van der Waals surface area (Å²) in [5, 5.41) is 20.9. The monoisotopic (exact) mass is 444 g/mol. The summed E-state index contributed by atoms with van der Waals surface area (Å²) >= 11 is 0. The highest BCUT2D eigenvalue weighted by atomic mass is 16.5. The van der Waals surface area contributed by atoms with Crippen LogP contribution in [0, 0.1) is 57.7 Å². The van der Waals surface area contributed by atoms with Crippen molar-refractivity contribution in [2.75, 3.05) is 13.7 Å². The molecule has 5 saturated carbocycles. The van der Waals surface area contributed by atoms with E-state index in [1.807, 2.05) is 13.2 Å². The summed E-state index contributed by atoms with van der Waals surface area (Å²) in [6, 6.07) is 0. The second-order valence-corrected chi connectivity index (χ2v) is 13.4. The van der Waals surface area contributed by atoms with Crippen molar-refractivity contribution < 1.29 is 14.9 Å². The smallest absolute Gasteiger partial charge is 0.0752 e. The lowest BCUT2D eigenvalue weighted by atomic mass is 9.45. The first-order valence-corrected chi connectivity index (χ1v) is 13.7. The summed E-state index contributed by atoms with van der Waals surface area (Å²) in [5.41, 5.74) is 2.29. The average Bonchev–Trinajstić information content (AvgIpc) is 3.27. The molecule has 0 saturated heterocycles. The summed E-state index contributed by atoms with van der Waals surface area (Å²) in [7, 11) is 1.98. The maximum absolute atomic E-state index is 11.1. The molecule has 0 aromatic heterocycles. The number of ether oxygens (including phenoxy) is 1. The van der Waals surface area contributed by atoms with Gasteiger partial charge in [0.15, 0.2) is 0 Å². The lowest BCUT2D eigenvalue weighted by molar-refractivity contribution is -0.162. The minimum absolute atomic E-state index is 0.0511. The summed E-state index contributed by atoms with van der Waals surface area (Å²) in [4.78, 5) is 0. The molecule has 0 aliphatic heterocycles. The minimum Gasteiger partial charge on any atom is -0.392 e. The van der Waals surface area contributed by atoms with Crippen LogP contribution in [-0.4, -0.2) is 36.1 Å². The topological polar surface area (TPSA) is 49.7 Å². The number of aliphatic hydroxyl groups excluding tert-OH is 2. The number of fused-ring (bicyclic) bond motifs is 4. The van der Waals surface area contributed by atoms with Crippen molar-refractivity contribution in [1.29, 1.82) is 0 Å². The SMILES string of the molecule is CO[C@@H]1C[C@H]2[C@@H]3CC[C@H]([C@H](C)[C@@H](O)/C=C(\CO)C(C)C)[C@@]3(C)CC[C@@H]2[C@@]2(C)CC[C@@H]3C[C@]312. The van der Waals surface area contributed by atoms with Gasteiger partial charge in [0.1, 0.15) is 0 Å². The Morgan fingerprint density at radius 2 is 1.81 bits per heavy atom. The number of aliphatic hydroxyl groups is 2. The second kappa shape index (κ2) is 7.82. The first kappa shape index (κ1) is 23.4. The zero-order chi connectivity index (χ0) is 23.1. The number of methoxy groups -OCH3 is 1. The summed E-state index contributed by atoms with van der Waals surface area (Å²) in [6.45, 7) is 11.7. The van der Waals surface area contributed by atoms with Crippen LogP contribution in [0.25, 0.3) is 0 Å². The van der Waals surface area contributed by atoms with Gasteiger partial charge in [0.05, 0.1) is 18.8 Å². The Morgan fingerprint density at radius 1 is 1.06 bits per heavy atom. The average molecular weight is 445 g/mol. The van der Waals surface area contributed by atoms with Crippen molar-refractivity contribution in [3.05, 3.63) is 11.6 Å². The molecule has 0 radical (unpaired) electrons. The Hall–Kier alpha value is -0.380. The predicted octanol–water partition coefficient (Wildman–Crippen LogP) is 5.84. The molecule has 5 rings (SSSR count). The zero-order valence-corrected chi connectivity index (χ0v) is 21.4. The molecule has 5 fully saturated rings. The lowest BCUT2D eigenvalue weighted by Gasteiger charge is -2.61. The molecule has 3 heteroatoms. The van der Waals surface area contributed by atoms with E-state index in [2.05, 4.69) is 34.6 Å². The normalized spacial score (nSPS) is 51.6. The number of hydrogen-bond donors (Lipinski definition) is 2. The van der Waals surface area contributed by atoms with E-state index >= 15 is 0 Å². The van der Waals surface area contributed by atoms with Crippen LogP contribution in [0.5, 0.6) is 0 Å². The van der Waals surface area contributed by atoms with Crippen molar-refractivity contribution in [1.82, 2.24) is 0 Å². The Labute approximate surface area is 196 Å². The molecule has 1 spiro atoms. The fourth-order valence-corrected chi connectivity index (χ4v) is 10.5. The van der Waals surface area contributed by atoms with Gasteiger partial charge in [-0.25, -0.2) is 0 Å². The van der Waals surface area contributed by atoms with Gasteiger partial charge in [0.25, 0.3) is 0 Å². The molecule has 0 aromatic carbocycles. The molecule has 11 atom stereocenters. The third-order valence-electron chi connectivity index (χ3n) is 12.4. The van der Waals surface area contributed by atoms with Gasteiger partial charge in [-0.2, -0.15) is 0 Å². The lowest BCUT2D eigenvalue weighted by Crippen LogP contribution is -2.57. The van der Waals surface area contributed by atoms with Crippen molar-refractivity contribution in [3.8, 4) is 0 Å². The van der Waals surface area contributed by atoms with Crippen molar-refractivity contribution in [2.45, 2.75) is 98.2 Å². The van der Waals surface area contributed by atoms with Crippen molar-refractivity contribution in [2.24, 2.45) is 57.7 Å². The Kier molecular flexibility index (Phi) is 5.71. The molecule has 0 bridgehead atoms. The van der Waals surface area contributed by atoms with Gasteiger partial charge in [-0.15, -0.1) is 0 Å². The highest BCUT2D eigenvalue weighted by Crippen LogP contribution is 2.82. The van der Waals surface area contributed by atoms with Crippen LogP contribution in [0.4, 0.5) is 0 Å². The highest BCUT2D eigenvalue weighted by molar-refractivity contribution is 5.26. The second-order valence-electron chi connectivity index (χ2n) is 13.4. The maximum Gasteiger partial charge on any atom is 0.0752 e. The van der Waals surface area contributed by atoms with E-state index in [-0.39, 0.29) is 18.4 Å². The fraction of sp³-hybridized carbons (Fsp3) is 0.931. The molecule has 32 heavy (non-hydrogen) atoms. The fourth-order valence-electron chi connectivity index (χ4n) is 10.5. The molecule has 0 aromatic rings. The first-order valence-electron chi connectivity index (χ1n) is 13.7. The van der Waals surface area contributed by atoms with Crippen molar-refractivity contribution >= 4 is 0 Å². The zero-order valence-electron chi connectivity index (χ0n) is 21.4. The van der Waals surface area contributed by atoms with Crippen LogP contribution in [0.1, 0.15) is 86.0 Å². The summed E-state index contributed by atoms with van der Waals surface area (Å²) in [6.07, 6.45) is 12.8. The quantitative estimate of drug-likeness (QED) is 0.506. The van der Waals surface area contributed by atoms with E-state index in [0.717, 1.165) is 29.2 Å². The highest BCUT2D eigenvalue weighted by Gasteiger charge is 2.77. The van der Waals surface area contributed by atoms with E-state index in [1.54, 1.807) is 0 Å². The van der Waals surface area contributed by atoms with Crippen LogP contribution in [-0.2, 0) is 4.74 Å². The Bertz CT molecular complexity index is 760. The van der Waals surface area contributed by atoms with Crippen LogP contribution in [0.3, 0.4) is 0 Å². The van der Waals surface area contributed by atoms with E-state index in [0.29, 0.717) is 28.3 Å². The van der Waals surface area contributed by atoms with Gasteiger partial charge in [-0.05, 0) is 109 Å². The molecule has 2 N–H and O–H groups in total. The van der Waals surface area contributed by atoms with E-state index in [1.165, 1.54) is 51.4 Å². The molecule has 5 aliphatic rings. The van der Waals surface area contributed by atoms with Crippen LogP contribution in [0.2, 0.25) is 0 Å². The van der Waals surface area contributed by atoms with E-state index in [4.69, 9.17) is 4.74 Å². The van der Waals surface area contributed by atoms with E-state index in [9.17, 15) is 10.2 Å². The predicted molar refractivity (Wildman–Crippen MR) is 129 cm³/mol. The third-order valence-corrected chi connectivity index (χ3v) is 12.4. The van der Waals surface area contributed by atoms with Gasteiger partial charge >= 0.3 is 0 Å². The maximum atomic E-state index is 11.1. The number of hydrogen-bond acceptors (Lipinski definition) is 3. The molecular formula is C29H48O3. The van der Waals surface area contributed by atoms with Gasteiger partial charge in [0.2, 0.25) is 0 Å². The third kappa shape index (κ3) is 2.95. The standard InChI is InChI=1S/C29H48O3/c1-17(2)19(16-30)13-25(31)18(3)22-7-8-23-21-14-26(32-6)29-15-20(29)9-12-28(29,5)24(21)10-11-27(22,23)4/h13,17-18,20-26,30-31H,7-12,14-16H2,1-6H3/b19-13+/t18-,20+,21-,22+,23-,24-,25-,26+,27+,28+,29-/m0/s1. The van der Waals surface area contributed by atoms with Gasteiger partial charge < -0.3 is 14.9 Å². The molecule has 3 nitrogen and oxygen atoms in total. The Balaban J connectivity index is 1.39. The molecule has 0 heterocycles. The van der Waals surface area contributed by atoms with Crippen LogP contribution < -0.4 is 0 Å². The van der Waals surface area contributed by atoms with Crippen molar-refractivity contribution in [3.63, 3.8) is 0 Å². The summed E-state index contributed by atoms with van der Waals surface area (Å²) in [5.74, 6) is 4.47. The minimum atomic E-state index is -0.459. The molecule has 0 amide bonds. The van der Waals surface area contributed by atoms with Gasteiger partial charge in [-0.1, -0.05) is 40.7 Å². The largest absolute Gasteiger partial charge is 0.392 e. The number of rotatable bonds is 6.